The number of amides is 1. The molecular formula is C26H35N5O. The van der Waals surface area contributed by atoms with Crippen LogP contribution in [0.2, 0.25) is 0 Å². The van der Waals surface area contributed by atoms with Crippen molar-refractivity contribution >= 4 is 5.91 Å². The highest BCUT2D eigenvalue weighted by molar-refractivity contribution is 5.73. The van der Waals surface area contributed by atoms with E-state index < -0.39 is 0 Å². The fourth-order valence-electron chi connectivity index (χ4n) is 5.92. The number of likely N-dealkylation sites (tertiary alicyclic amines) is 1. The van der Waals surface area contributed by atoms with Crippen molar-refractivity contribution in [3.63, 3.8) is 0 Å². The molecule has 6 rings (SSSR count). The minimum absolute atomic E-state index is 0.209. The van der Waals surface area contributed by atoms with Gasteiger partial charge in [-0.15, -0.1) is 0 Å². The average molecular weight is 434 g/mol. The van der Waals surface area contributed by atoms with Crippen molar-refractivity contribution in [3.8, 4) is 11.3 Å². The van der Waals surface area contributed by atoms with Crippen molar-refractivity contribution in [1.29, 1.82) is 0 Å². The molecule has 32 heavy (non-hydrogen) atoms. The number of aryl methyl sites for hydroxylation is 1. The van der Waals surface area contributed by atoms with Crippen LogP contribution in [0.5, 0.6) is 0 Å². The summed E-state index contributed by atoms with van der Waals surface area (Å²) in [7, 11) is 0. The summed E-state index contributed by atoms with van der Waals surface area (Å²) in [5.74, 6) is 2.28. The Balaban J connectivity index is 1.21. The van der Waals surface area contributed by atoms with E-state index in [1.807, 2.05) is 17.9 Å². The predicted octanol–water partition coefficient (Wildman–Crippen LogP) is 3.23. The van der Waals surface area contributed by atoms with Gasteiger partial charge in [-0.3, -0.25) is 9.69 Å². The van der Waals surface area contributed by atoms with Crippen molar-refractivity contribution < 1.29 is 4.79 Å². The summed E-state index contributed by atoms with van der Waals surface area (Å²) in [6, 6.07) is 13.8. The van der Waals surface area contributed by atoms with Crippen LogP contribution in [-0.2, 0) is 4.79 Å². The zero-order chi connectivity index (χ0) is 22.1. The van der Waals surface area contributed by atoms with Crippen LogP contribution >= 0.6 is 0 Å². The molecule has 1 amide bonds. The SMILES string of the molecule is CC(=O)N1CCC(NC[C@H]2C[C@@H]3CCN2C[C@H]3c2cc(-c3ccccc3)nc(C)n2)CC1. The van der Waals surface area contributed by atoms with Gasteiger partial charge in [-0.25, -0.2) is 9.97 Å². The number of carbonyl (C=O) groups is 1. The summed E-state index contributed by atoms with van der Waals surface area (Å²) in [6.07, 6.45) is 4.65. The third kappa shape index (κ3) is 4.57. The van der Waals surface area contributed by atoms with Crippen LogP contribution in [0.15, 0.2) is 36.4 Å². The number of benzene rings is 1. The maximum absolute atomic E-state index is 11.6. The summed E-state index contributed by atoms with van der Waals surface area (Å²) >= 11 is 0. The van der Waals surface area contributed by atoms with Crippen LogP contribution in [0.4, 0.5) is 0 Å². The van der Waals surface area contributed by atoms with Crippen molar-refractivity contribution in [2.45, 2.75) is 57.5 Å². The van der Waals surface area contributed by atoms with Crippen LogP contribution in [-0.4, -0.2) is 70.5 Å². The van der Waals surface area contributed by atoms with Gasteiger partial charge in [-0.2, -0.15) is 0 Å². The monoisotopic (exact) mass is 433 g/mol. The van der Waals surface area contributed by atoms with Gasteiger partial charge in [0.05, 0.1) is 5.69 Å². The van der Waals surface area contributed by atoms with E-state index in [0.717, 1.165) is 50.5 Å². The van der Waals surface area contributed by atoms with Gasteiger partial charge in [0, 0.05) is 62.4 Å². The third-order valence-corrected chi connectivity index (χ3v) is 7.77. The van der Waals surface area contributed by atoms with Gasteiger partial charge in [0.25, 0.3) is 0 Å². The van der Waals surface area contributed by atoms with Gasteiger partial charge < -0.3 is 10.2 Å². The Labute approximate surface area is 191 Å². The van der Waals surface area contributed by atoms with Gasteiger partial charge in [-0.05, 0) is 51.1 Å². The topological polar surface area (TPSA) is 61.4 Å². The van der Waals surface area contributed by atoms with Crippen molar-refractivity contribution in [1.82, 2.24) is 25.1 Å². The number of piperidine rings is 4. The third-order valence-electron chi connectivity index (χ3n) is 7.77. The Morgan fingerprint density at radius 1 is 1.09 bits per heavy atom. The number of nitrogens with one attached hydrogen (secondary N) is 1. The molecule has 1 aromatic carbocycles. The summed E-state index contributed by atoms with van der Waals surface area (Å²) in [5.41, 5.74) is 3.42. The molecule has 4 aliphatic heterocycles. The lowest BCUT2D eigenvalue weighted by Gasteiger charge is -2.50. The standard InChI is InChI=1S/C26H35N5O/c1-18-28-25(20-6-4-3-5-7-20)15-26(29-18)24-17-31-11-8-21(24)14-23(31)16-27-22-9-12-30(13-10-22)19(2)32/h3-7,15,21-24,27H,8-14,16-17H2,1-2H3/t21-,23+,24+/m0/s1. The minimum atomic E-state index is 0.209. The molecule has 0 aliphatic carbocycles. The number of carbonyl (C=O) groups excluding carboxylic acids is 1. The molecule has 2 aromatic rings. The van der Waals surface area contributed by atoms with E-state index in [0.29, 0.717) is 23.9 Å². The van der Waals surface area contributed by atoms with Gasteiger partial charge in [0.1, 0.15) is 5.82 Å². The molecule has 4 atom stereocenters. The largest absolute Gasteiger partial charge is 0.343 e. The van der Waals surface area contributed by atoms with Gasteiger partial charge in [-0.1, -0.05) is 30.3 Å². The first-order valence-corrected chi connectivity index (χ1v) is 12.2. The van der Waals surface area contributed by atoms with Crippen molar-refractivity contribution in [2.24, 2.45) is 5.92 Å². The molecule has 6 nitrogen and oxygen atoms in total. The van der Waals surface area contributed by atoms with E-state index >= 15 is 0 Å². The molecule has 4 aliphatic rings. The number of aromatic nitrogens is 2. The normalized spacial score (nSPS) is 28.1. The average Bonchev–Trinajstić information content (AvgIpc) is 2.83. The van der Waals surface area contributed by atoms with Crippen LogP contribution in [0.25, 0.3) is 11.3 Å². The van der Waals surface area contributed by atoms with E-state index in [1.54, 1.807) is 6.92 Å². The first kappa shape index (κ1) is 21.5. The second-order valence-corrected chi connectivity index (χ2v) is 9.82. The quantitative estimate of drug-likeness (QED) is 0.785. The number of rotatable bonds is 5. The highest BCUT2D eigenvalue weighted by Gasteiger charge is 2.41. The van der Waals surface area contributed by atoms with Crippen LogP contribution < -0.4 is 5.32 Å². The second kappa shape index (κ2) is 9.28. The Morgan fingerprint density at radius 3 is 2.56 bits per heavy atom. The highest BCUT2D eigenvalue weighted by Crippen LogP contribution is 2.41. The fraction of sp³-hybridized carbons (Fsp3) is 0.577. The van der Waals surface area contributed by atoms with E-state index in [-0.39, 0.29) is 5.91 Å². The minimum Gasteiger partial charge on any atom is -0.343 e. The maximum atomic E-state index is 11.6. The molecule has 2 bridgehead atoms. The first-order valence-electron chi connectivity index (χ1n) is 12.2. The lowest BCUT2D eigenvalue weighted by atomic mass is 9.74. The molecule has 170 valence electrons. The Hall–Kier alpha value is -2.31. The molecule has 5 heterocycles. The smallest absolute Gasteiger partial charge is 0.219 e. The van der Waals surface area contributed by atoms with Gasteiger partial charge >= 0.3 is 0 Å². The molecule has 1 unspecified atom stereocenters. The molecule has 1 N–H and O–H groups in total. The summed E-state index contributed by atoms with van der Waals surface area (Å²) in [5, 5.41) is 3.82. The first-order chi connectivity index (χ1) is 15.6. The number of nitrogens with zero attached hydrogens (tertiary/aromatic N) is 4. The molecule has 1 aromatic heterocycles. The van der Waals surface area contributed by atoms with Gasteiger partial charge in [0.15, 0.2) is 0 Å². The predicted molar refractivity (Wildman–Crippen MR) is 126 cm³/mol. The molecule has 4 saturated heterocycles. The molecule has 0 saturated carbocycles. The Kier molecular flexibility index (Phi) is 6.24. The zero-order valence-electron chi connectivity index (χ0n) is 19.3. The summed E-state index contributed by atoms with van der Waals surface area (Å²) in [6.45, 7) is 8.84. The maximum Gasteiger partial charge on any atom is 0.219 e. The summed E-state index contributed by atoms with van der Waals surface area (Å²) in [4.78, 5) is 25.8. The summed E-state index contributed by atoms with van der Waals surface area (Å²) < 4.78 is 0. The molecule has 0 spiro atoms. The Bertz CT molecular complexity index is 940. The van der Waals surface area contributed by atoms with E-state index in [2.05, 4.69) is 40.5 Å². The highest BCUT2D eigenvalue weighted by atomic mass is 16.2. The van der Waals surface area contributed by atoms with Crippen LogP contribution in [0, 0.1) is 12.8 Å². The van der Waals surface area contributed by atoms with E-state index in [1.165, 1.54) is 30.6 Å². The number of fused-ring (bicyclic) bond motifs is 3. The van der Waals surface area contributed by atoms with Crippen molar-refractivity contribution in [3.05, 3.63) is 47.9 Å². The Morgan fingerprint density at radius 2 is 1.88 bits per heavy atom. The van der Waals surface area contributed by atoms with Gasteiger partial charge in [0.2, 0.25) is 5.91 Å². The molecule has 6 heteroatoms. The fourth-order valence-corrected chi connectivity index (χ4v) is 5.92. The van der Waals surface area contributed by atoms with E-state index in [9.17, 15) is 4.79 Å². The second-order valence-electron chi connectivity index (χ2n) is 9.82. The van der Waals surface area contributed by atoms with Crippen LogP contribution in [0.3, 0.4) is 0 Å². The van der Waals surface area contributed by atoms with Crippen molar-refractivity contribution in [2.75, 3.05) is 32.7 Å². The molecular weight excluding hydrogens is 398 g/mol. The zero-order valence-corrected chi connectivity index (χ0v) is 19.3. The molecule has 0 radical (unpaired) electrons. The molecule has 4 fully saturated rings. The number of hydrogen-bond acceptors (Lipinski definition) is 5. The van der Waals surface area contributed by atoms with E-state index in [4.69, 9.17) is 9.97 Å². The number of hydrogen-bond donors (Lipinski definition) is 1. The lowest BCUT2D eigenvalue weighted by Crippen LogP contribution is -2.57. The lowest BCUT2D eigenvalue weighted by molar-refractivity contribution is -0.129. The van der Waals surface area contributed by atoms with Crippen LogP contribution in [0.1, 0.15) is 50.0 Å².